The second-order valence-corrected chi connectivity index (χ2v) is 4.46. The van der Waals surface area contributed by atoms with Crippen LogP contribution >= 0.6 is 0 Å². The summed E-state index contributed by atoms with van der Waals surface area (Å²) < 4.78 is 4.72. The minimum atomic E-state index is -0.180. The van der Waals surface area contributed by atoms with E-state index in [1.54, 1.807) is 0 Å². The van der Waals surface area contributed by atoms with Crippen molar-refractivity contribution in [3.8, 4) is 0 Å². The fourth-order valence-corrected chi connectivity index (χ4v) is 1.55. The van der Waals surface area contributed by atoms with Gasteiger partial charge in [-0.25, -0.2) is 0 Å². The molecule has 1 N–H and O–H groups in total. The van der Waals surface area contributed by atoms with Gasteiger partial charge < -0.3 is 4.74 Å². The summed E-state index contributed by atoms with van der Waals surface area (Å²) in [5.41, 5.74) is 0.0727. The highest BCUT2D eigenvalue weighted by Gasteiger charge is 2.18. The summed E-state index contributed by atoms with van der Waals surface area (Å²) in [5, 5.41) is 7.45. The first-order valence-corrected chi connectivity index (χ1v) is 6.30. The fourth-order valence-electron chi connectivity index (χ4n) is 1.55. The Morgan fingerprint density at radius 2 is 2.00 bits per heavy atom. The predicted molar refractivity (Wildman–Crippen MR) is 75.5 cm³/mol. The number of allylic oxidation sites excluding steroid dienone is 2. The zero-order chi connectivity index (χ0) is 14.1. The van der Waals surface area contributed by atoms with Crippen molar-refractivity contribution in [3.63, 3.8) is 0 Å². The number of rotatable bonds is 7. The van der Waals surface area contributed by atoms with E-state index in [1.165, 1.54) is 7.11 Å². The van der Waals surface area contributed by atoms with Crippen LogP contribution in [0.3, 0.4) is 0 Å². The van der Waals surface area contributed by atoms with E-state index in [0.29, 0.717) is 18.1 Å². The summed E-state index contributed by atoms with van der Waals surface area (Å²) in [6, 6.07) is -0.0304. The molecule has 102 valence electrons. The molecular weight excluding hydrogens is 228 g/mol. The van der Waals surface area contributed by atoms with E-state index in [4.69, 9.17) is 10.1 Å². The van der Waals surface area contributed by atoms with Crippen LogP contribution in [0.1, 0.15) is 34.1 Å². The molecule has 2 unspecified atom stereocenters. The van der Waals surface area contributed by atoms with E-state index in [0.717, 1.165) is 6.42 Å². The molecule has 0 rings (SSSR count). The molecule has 0 fully saturated rings. The Morgan fingerprint density at radius 3 is 2.44 bits per heavy atom. The van der Waals surface area contributed by atoms with Crippen LogP contribution < -0.4 is 0 Å². The second kappa shape index (κ2) is 8.61. The molecule has 0 aromatic heterocycles. The summed E-state index contributed by atoms with van der Waals surface area (Å²) in [4.78, 5) is 15.1. The van der Waals surface area contributed by atoms with Gasteiger partial charge in [-0.1, -0.05) is 32.9 Å². The number of nitrogens with one attached hydrogen (secondary N) is 1. The highest BCUT2D eigenvalue weighted by Crippen LogP contribution is 2.19. The van der Waals surface area contributed by atoms with E-state index in [9.17, 15) is 4.79 Å². The third-order valence-electron chi connectivity index (χ3n) is 3.16. The lowest BCUT2D eigenvalue weighted by Gasteiger charge is -2.21. The zero-order valence-electron chi connectivity index (χ0n) is 11.9. The molecule has 4 nitrogen and oxygen atoms in total. The van der Waals surface area contributed by atoms with Gasteiger partial charge in [0.2, 0.25) is 5.90 Å². The van der Waals surface area contributed by atoms with E-state index in [1.807, 2.05) is 6.92 Å². The van der Waals surface area contributed by atoms with Gasteiger partial charge in [0.15, 0.2) is 12.0 Å². The first-order valence-electron chi connectivity index (χ1n) is 6.30. The van der Waals surface area contributed by atoms with Gasteiger partial charge in [-0.2, -0.15) is 0 Å². The minimum Gasteiger partial charge on any atom is -0.480 e. The molecule has 0 aromatic carbocycles. The van der Waals surface area contributed by atoms with Gasteiger partial charge in [-0.15, -0.1) is 0 Å². The molecule has 0 saturated carbocycles. The molecule has 4 heteroatoms. The number of aliphatic imine (C=N–C) groups is 1. The van der Waals surface area contributed by atoms with Crippen molar-refractivity contribution in [2.45, 2.75) is 40.2 Å². The predicted octanol–water partition coefficient (Wildman–Crippen LogP) is 2.88. The third-order valence-corrected chi connectivity index (χ3v) is 3.16. The number of methoxy groups -OCH3 is 1. The van der Waals surface area contributed by atoms with Crippen molar-refractivity contribution in [2.75, 3.05) is 7.11 Å². The van der Waals surface area contributed by atoms with Crippen LogP contribution in [-0.4, -0.2) is 31.0 Å². The molecule has 3 atom stereocenters. The van der Waals surface area contributed by atoms with Crippen molar-refractivity contribution < 1.29 is 9.53 Å². The Hall–Kier alpha value is -1.45. The van der Waals surface area contributed by atoms with Crippen LogP contribution in [0.15, 0.2) is 17.1 Å². The van der Waals surface area contributed by atoms with E-state index < -0.39 is 0 Å². The standard InChI is InChI=1S/C14H24N2O2/c1-6-7-8-10(2)11(3)12(4)16-13(9-17)14(15)18-5/h7-12,15H,6H2,1-5H3/b8-7-,15-14?,16-13?/t10?,11-,12?/m1/s1. The number of hydrogen-bond donors (Lipinski definition) is 1. The molecule has 18 heavy (non-hydrogen) atoms. The van der Waals surface area contributed by atoms with Gasteiger partial charge in [0.05, 0.1) is 13.2 Å². The van der Waals surface area contributed by atoms with Crippen molar-refractivity contribution in [1.29, 1.82) is 5.41 Å². The number of hydrogen-bond acceptors (Lipinski definition) is 4. The first kappa shape index (κ1) is 16.6. The number of carbonyl (C=O) groups is 1. The SMILES string of the molecule is CC/C=C\C(C)[C@@H](C)C(C)N=C(C=O)C(=N)OC. The molecule has 0 aromatic rings. The fraction of sp³-hybridized carbons (Fsp3) is 0.643. The minimum absolute atomic E-state index is 0.0304. The normalized spacial score (nSPS) is 17.3. The van der Waals surface area contributed by atoms with Crippen molar-refractivity contribution in [2.24, 2.45) is 16.8 Å². The van der Waals surface area contributed by atoms with Gasteiger partial charge in [-0.3, -0.25) is 15.2 Å². The Labute approximate surface area is 110 Å². The van der Waals surface area contributed by atoms with Crippen molar-refractivity contribution in [3.05, 3.63) is 12.2 Å². The summed E-state index contributed by atoms with van der Waals surface area (Å²) in [6.45, 7) is 8.27. The quantitative estimate of drug-likeness (QED) is 0.328. The number of aldehydes is 1. The van der Waals surface area contributed by atoms with Crippen molar-refractivity contribution in [1.82, 2.24) is 0 Å². The van der Waals surface area contributed by atoms with Gasteiger partial charge in [0.1, 0.15) is 0 Å². The number of nitrogens with zero attached hydrogens (tertiary/aromatic N) is 1. The second-order valence-electron chi connectivity index (χ2n) is 4.46. The molecule has 0 spiro atoms. The highest BCUT2D eigenvalue weighted by atomic mass is 16.5. The Balaban J connectivity index is 4.76. The molecule has 0 aliphatic rings. The molecule has 0 heterocycles. The Bertz CT molecular complexity index is 335. The van der Waals surface area contributed by atoms with Crippen LogP contribution in [0.25, 0.3) is 0 Å². The summed E-state index contributed by atoms with van der Waals surface area (Å²) >= 11 is 0. The van der Waals surface area contributed by atoms with Crippen LogP contribution in [0, 0.1) is 17.2 Å². The largest absolute Gasteiger partial charge is 0.480 e. The molecule has 0 aliphatic heterocycles. The molecule has 0 aliphatic carbocycles. The highest BCUT2D eigenvalue weighted by molar-refractivity contribution is 6.59. The van der Waals surface area contributed by atoms with E-state index in [-0.39, 0.29) is 17.7 Å². The average Bonchev–Trinajstić information content (AvgIpc) is 2.39. The lowest BCUT2D eigenvalue weighted by atomic mass is 9.89. The monoisotopic (exact) mass is 252 g/mol. The number of ether oxygens (including phenoxy) is 1. The maximum absolute atomic E-state index is 10.8. The van der Waals surface area contributed by atoms with Gasteiger partial charge >= 0.3 is 0 Å². The van der Waals surface area contributed by atoms with Crippen LogP contribution in [0.4, 0.5) is 0 Å². The summed E-state index contributed by atoms with van der Waals surface area (Å²) in [6.07, 6.45) is 5.89. The molecule has 0 radical (unpaired) electrons. The molecule has 0 bridgehead atoms. The van der Waals surface area contributed by atoms with E-state index >= 15 is 0 Å². The molecule has 0 amide bonds. The topological polar surface area (TPSA) is 62.5 Å². The van der Waals surface area contributed by atoms with Crippen LogP contribution in [0.5, 0.6) is 0 Å². The van der Waals surface area contributed by atoms with Gasteiger partial charge in [0.25, 0.3) is 0 Å². The summed E-state index contributed by atoms with van der Waals surface area (Å²) in [5.74, 6) is 0.501. The maximum Gasteiger partial charge on any atom is 0.235 e. The third kappa shape index (κ3) is 5.25. The van der Waals surface area contributed by atoms with Crippen molar-refractivity contribution >= 4 is 17.9 Å². The summed E-state index contributed by atoms with van der Waals surface area (Å²) in [7, 11) is 1.36. The lowest BCUT2D eigenvalue weighted by Crippen LogP contribution is -2.24. The maximum atomic E-state index is 10.8. The van der Waals surface area contributed by atoms with Crippen LogP contribution in [-0.2, 0) is 9.53 Å². The Kier molecular flexibility index (Phi) is 7.92. The smallest absolute Gasteiger partial charge is 0.235 e. The number of carbonyl (C=O) groups excluding carboxylic acids is 1. The first-order chi connectivity index (χ1) is 8.47. The zero-order valence-corrected chi connectivity index (χ0v) is 11.9. The lowest BCUT2D eigenvalue weighted by molar-refractivity contribution is -0.102. The average molecular weight is 252 g/mol. The van der Waals surface area contributed by atoms with Gasteiger partial charge in [0, 0.05) is 0 Å². The molecule has 0 saturated heterocycles. The Morgan fingerprint density at radius 1 is 1.39 bits per heavy atom. The van der Waals surface area contributed by atoms with Gasteiger partial charge in [-0.05, 0) is 25.2 Å². The molecular formula is C14H24N2O2. The van der Waals surface area contributed by atoms with E-state index in [2.05, 4.69) is 37.9 Å². The van der Waals surface area contributed by atoms with Crippen LogP contribution in [0.2, 0.25) is 0 Å².